The van der Waals surface area contributed by atoms with Crippen molar-refractivity contribution in [3.63, 3.8) is 0 Å². The van der Waals surface area contributed by atoms with E-state index in [9.17, 15) is 4.79 Å². The first-order chi connectivity index (χ1) is 17.0. The van der Waals surface area contributed by atoms with Crippen molar-refractivity contribution >= 4 is 28.2 Å². The number of H-pyrrole nitrogens is 1. The second-order valence-corrected chi connectivity index (χ2v) is 8.83. The number of aromatic amines is 1. The van der Waals surface area contributed by atoms with E-state index >= 15 is 0 Å². The van der Waals surface area contributed by atoms with Crippen molar-refractivity contribution in [2.75, 3.05) is 34.5 Å². The van der Waals surface area contributed by atoms with Crippen LogP contribution >= 0.6 is 12.2 Å². The van der Waals surface area contributed by atoms with Crippen molar-refractivity contribution in [2.45, 2.75) is 32.0 Å². The van der Waals surface area contributed by atoms with E-state index in [1.165, 1.54) is 0 Å². The van der Waals surface area contributed by atoms with Gasteiger partial charge in [0.25, 0.3) is 5.56 Å². The molecule has 1 aliphatic rings. The predicted octanol–water partition coefficient (Wildman–Crippen LogP) is 3.61. The molecule has 1 saturated heterocycles. The number of hydrogen-bond donors (Lipinski definition) is 2. The summed E-state index contributed by atoms with van der Waals surface area (Å²) in [6.45, 7) is 2.30. The maximum atomic E-state index is 13.0. The molecule has 2 aromatic carbocycles. The van der Waals surface area contributed by atoms with Crippen LogP contribution in [-0.2, 0) is 17.8 Å². The Balaban J connectivity index is 1.60. The van der Waals surface area contributed by atoms with Crippen LogP contribution in [0.25, 0.3) is 10.9 Å². The van der Waals surface area contributed by atoms with Crippen LogP contribution in [0.5, 0.6) is 17.2 Å². The fourth-order valence-electron chi connectivity index (χ4n) is 4.17. The normalized spacial score (nSPS) is 15.1. The number of nitrogens with zero attached hydrogens (tertiary/aromatic N) is 1. The number of nitrogens with one attached hydrogen (secondary N) is 2. The molecule has 0 aliphatic carbocycles. The number of methoxy groups -OCH3 is 3. The van der Waals surface area contributed by atoms with Gasteiger partial charge in [-0.25, -0.2) is 0 Å². The molecule has 4 rings (SSSR count). The number of thiocarbonyl (C=S) groups is 1. The highest BCUT2D eigenvalue weighted by molar-refractivity contribution is 7.80. The van der Waals surface area contributed by atoms with Crippen LogP contribution in [0.3, 0.4) is 0 Å². The van der Waals surface area contributed by atoms with E-state index in [0.29, 0.717) is 47.3 Å². The van der Waals surface area contributed by atoms with Crippen molar-refractivity contribution in [3.05, 3.63) is 63.9 Å². The molecule has 0 amide bonds. The largest absolute Gasteiger partial charge is 0.497 e. The molecular formula is C26H31N3O5S. The van der Waals surface area contributed by atoms with E-state index in [2.05, 4.69) is 10.3 Å². The van der Waals surface area contributed by atoms with Gasteiger partial charge in [-0.15, -0.1) is 0 Å². The first-order valence-electron chi connectivity index (χ1n) is 11.6. The summed E-state index contributed by atoms with van der Waals surface area (Å²) in [5.41, 5.74) is 2.15. The SMILES string of the molecule is COc1ccc(CN(Cc2cc3cc(OC)c(OC)cc3[nH]c2=O)C(=S)NC[C@H]2CCCO2)cc1. The quantitative estimate of drug-likeness (QED) is 0.434. The minimum atomic E-state index is -0.175. The molecule has 9 heteroatoms. The highest BCUT2D eigenvalue weighted by Gasteiger charge is 2.19. The summed E-state index contributed by atoms with van der Waals surface area (Å²) in [7, 11) is 4.80. The summed E-state index contributed by atoms with van der Waals surface area (Å²) in [6.07, 6.45) is 2.24. The van der Waals surface area contributed by atoms with Gasteiger partial charge in [-0.05, 0) is 54.9 Å². The Morgan fingerprint density at radius 3 is 2.49 bits per heavy atom. The highest BCUT2D eigenvalue weighted by atomic mass is 32.1. The van der Waals surface area contributed by atoms with Gasteiger partial charge in [0.05, 0.1) is 39.5 Å². The summed E-state index contributed by atoms with van der Waals surface area (Å²) in [6, 6.07) is 13.3. The van der Waals surface area contributed by atoms with Crippen LogP contribution in [0, 0.1) is 0 Å². The van der Waals surface area contributed by atoms with Gasteiger partial charge in [0, 0.05) is 36.7 Å². The molecule has 1 fully saturated rings. The van der Waals surface area contributed by atoms with E-state index in [4.69, 9.17) is 31.2 Å². The lowest BCUT2D eigenvalue weighted by molar-refractivity contribution is 0.113. The molecule has 2 heterocycles. The molecule has 186 valence electrons. The molecule has 0 radical (unpaired) electrons. The van der Waals surface area contributed by atoms with E-state index in [1.54, 1.807) is 27.4 Å². The van der Waals surface area contributed by atoms with Crippen molar-refractivity contribution in [2.24, 2.45) is 0 Å². The predicted molar refractivity (Wildman–Crippen MR) is 139 cm³/mol. The Bertz CT molecular complexity index is 1220. The number of ether oxygens (including phenoxy) is 4. The maximum Gasteiger partial charge on any atom is 0.253 e. The summed E-state index contributed by atoms with van der Waals surface area (Å²) in [5.74, 6) is 1.95. The topological polar surface area (TPSA) is 85.0 Å². The van der Waals surface area contributed by atoms with Gasteiger partial charge in [-0.2, -0.15) is 0 Å². The Hall–Kier alpha value is -3.30. The maximum absolute atomic E-state index is 13.0. The molecule has 0 unspecified atom stereocenters. The number of rotatable bonds is 9. The lowest BCUT2D eigenvalue weighted by Gasteiger charge is -2.27. The summed E-state index contributed by atoms with van der Waals surface area (Å²) < 4.78 is 21.8. The third-order valence-electron chi connectivity index (χ3n) is 6.11. The smallest absolute Gasteiger partial charge is 0.253 e. The van der Waals surface area contributed by atoms with Crippen molar-refractivity contribution in [1.82, 2.24) is 15.2 Å². The zero-order chi connectivity index (χ0) is 24.8. The number of aromatic nitrogens is 1. The zero-order valence-corrected chi connectivity index (χ0v) is 21.1. The van der Waals surface area contributed by atoms with Crippen molar-refractivity contribution < 1.29 is 18.9 Å². The summed E-state index contributed by atoms with van der Waals surface area (Å²) in [5, 5.41) is 4.76. The van der Waals surface area contributed by atoms with Crippen molar-refractivity contribution in [1.29, 1.82) is 0 Å². The van der Waals surface area contributed by atoms with E-state index in [-0.39, 0.29) is 11.7 Å². The average molecular weight is 498 g/mol. The molecule has 35 heavy (non-hydrogen) atoms. The van der Waals surface area contributed by atoms with Gasteiger partial charge in [0.2, 0.25) is 0 Å². The van der Waals surface area contributed by atoms with Crippen LogP contribution in [0.2, 0.25) is 0 Å². The minimum absolute atomic E-state index is 0.155. The van der Waals surface area contributed by atoms with Gasteiger partial charge < -0.3 is 34.1 Å². The lowest BCUT2D eigenvalue weighted by Crippen LogP contribution is -2.42. The molecular weight excluding hydrogens is 466 g/mol. The Labute approximate surface area is 210 Å². The fraction of sp³-hybridized carbons (Fsp3) is 0.385. The van der Waals surface area contributed by atoms with Gasteiger partial charge in [0.15, 0.2) is 16.6 Å². The zero-order valence-electron chi connectivity index (χ0n) is 20.3. The molecule has 2 N–H and O–H groups in total. The number of hydrogen-bond acceptors (Lipinski definition) is 6. The number of pyridine rings is 1. The minimum Gasteiger partial charge on any atom is -0.497 e. The highest BCUT2D eigenvalue weighted by Crippen LogP contribution is 2.31. The van der Waals surface area contributed by atoms with Crippen LogP contribution < -0.4 is 25.1 Å². The molecule has 3 aromatic rings. The first-order valence-corrected chi connectivity index (χ1v) is 12.0. The average Bonchev–Trinajstić information content (AvgIpc) is 3.40. The first kappa shape index (κ1) is 24.8. The molecule has 8 nitrogen and oxygen atoms in total. The Morgan fingerprint density at radius 1 is 1.09 bits per heavy atom. The standard InChI is InChI=1S/C26H31N3O5S/c1-31-20-8-6-17(7-9-20)15-29(26(35)27-14-21-5-4-10-34-21)16-19-11-18-12-23(32-2)24(33-3)13-22(18)28-25(19)30/h6-9,11-13,21H,4-5,10,14-16H2,1-3H3,(H,27,35)(H,28,30)/t21-/m1/s1. The van der Waals surface area contributed by atoms with Gasteiger partial charge in [0.1, 0.15) is 5.75 Å². The molecule has 0 spiro atoms. The second-order valence-electron chi connectivity index (χ2n) is 8.44. The summed E-state index contributed by atoms with van der Waals surface area (Å²) >= 11 is 5.75. The molecule has 1 aromatic heterocycles. The number of benzene rings is 2. The van der Waals surface area contributed by atoms with Gasteiger partial charge >= 0.3 is 0 Å². The third-order valence-corrected chi connectivity index (χ3v) is 6.51. The van der Waals surface area contributed by atoms with Crippen molar-refractivity contribution in [3.8, 4) is 17.2 Å². The van der Waals surface area contributed by atoms with E-state index < -0.39 is 0 Å². The molecule has 0 bridgehead atoms. The van der Waals surface area contributed by atoms with Gasteiger partial charge in [-0.1, -0.05) is 12.1 Å². The Morgan fingerprint density at radius 2 is 1.83 bits per heavy atom. The number of fused-ring (bicyclic) bond motifs is 1. The van der Waals surface area contributed by atoms with Crippen LogP contribution in [0.15, 0.2) is 47.3 Å². The van der Waals surface area contributed by atoms with Crippen LogP contribution in [0.4, 0.5) is 0 Å². The van der Waals surface area contributed by atoms with E-state index in [0.717, 1.165) is 36.1 Å². The molecule has 1 atom stereocenters. The lowest BCUT2D eigenvalue weighted by atomic mass is 10.1. The van der Waals surface area contributed by atoms with E-state index in [1.807, 2.05) is 41.3 Å². The Kier molecular flexibility index (Phi) is 8.09. The third kappa shape index (κ3) is 6.04. The summed E-state index contributed by atoms with van der Waals surface area (Å²) in [4.78, 5) is 17.9. The fourth-order valence-corrected chi connectivity index (χ4v) is 4.38. The monoisotopic (exact) mass is 497 g/mol. The van der Waals surface area contributed by atoms with Crippen LogP contribution in [-0.4, -0.2) is 55.6 Å². The van der Waals surface area contributed by atoms with Crippen LogP contribution in [0.1, 0.15) is 24.0 Å². The second kappa shape index (κ2) is 11.4. The van der Waals surface area contributed by atoms with Gasteiger partial charge in [-0.3, -0.25) is 4.79 Å². The molecule has 0 saturated carbocycles. The molecule has 1 aliphatic heterocycles.